The molecule has 1 heterocycles. The van der Waals surface area contributed by atoms with Crippen LogP contribution >= 0.6 is 0 Å². The second kappa shape index (κ2) is 5.12. The van der Waals surface area contributed by atoms with Crippen molar-refractivity contribution in [3.8, 4) is 0 Å². The summed E-state index contributed by atoms with van der Waals surface area (Å²) in [4.78, 5) is 12.2. The standard InChI is InChI=1S/C14H23N3O/c1-4-6-10-9-12(17-16-10)15-13(18)11-7-5-8-14(11,2)3/h9,11H,4-8H2,1-3H3,(H2,15,16,17,18). The second-order valence-corrected chi connectivity index (χ2v) is 5.95. The molecule has 0 bridgehead atoms. The average Bonchev–Trinajstić information content (AvgIpc) is 2.85. The Balaban J connectivity index is 1.98. The summed E-state index contributed by atoms with van der Waals surface area (Å²) in [6.45, 7) is 6.48. The SMILES string of the molecule is CCCc1cc(NC(=O)C2CCCC2(C)C)n[nH]1. The summed E-state index contributed by atoms with van der Waals surface area (Å²) in [5.74, 6) is 0.891. The van der Waals surface area contributed by atoms with Crippen molar-refractivity contribution in [2.75, 3.05) is 5.32 Å². The third kappa shape index (κ3) is 2.74. The predicted molar refractivity (Wildman–Crippen MR) is 72.3 cm³/mol. The fraction of sp³-hybridized carbons (Fsp3) is 0.714. The summed E-state index contributed by atoms with van der Waals surface area (Å²) in [6.07, 6.45) is 5.31. The Morgan fingerprint density at radius 2 is 2.39 bits per heavy atom. The minimum atomic E-state index is 0.115. The molecule has 0 aliphatic heterocycles. The van der Waals surface area contributed by atoms with E-state index in [2.05, 4.69) is 36.3 Å². The molecular weight excluding hydrogens is 226 g/mol. The summed E-state index contributed by atoms with van der Waals surface area (Å²) in [6, 6.07) is 1.93. The first-order valence-corrected chi connectivity index (χ1v) is 6.88. The van der Waals surface area contributed by atoms with Gasteiger partial charge in [-0.3, -0.25) is 9.89 Å². The number of hydrogen-bond donors (Lipinski definition) is 2. The zero-order valence-corrected chi connectivity index (χ0v) is 11.5. The van der Waals surface area contributed by atoms with Crippen LogP contribution in [0.2, 0.25) is 0 Å². The maximum atomic E-state index is 12.2. The second-order valence-electron chi connectivity index (χ2n) is 5.95. The first-order valence-electron chi connectivity index (χ1n) is 6.88. The Labute approximate surface area is 109 Å². The van der Waals surface area contributed by atoms with Gasteiger partial charge in [-0.15, -0.1) is 0 Å². The predicted octanol–water partition coefficient (Wildman–Crippen LogP) is 3.13. The van der Waals surface area contributed by atoms with Crippen LogP contribution in [-0.2, 0) is 11.2 Å². The van der Waals surface area contributed by atoms with Gasteiger partial charge in [-0.2, -0.15) is 5.10 Å². The lowest BCUT2D eigenvalue weighted by molar-refractivity contribution is -0.122. The fourth-order valence-electron chi connectivity index (χ4n) is 2.85. The van der Waals surface area contributed by atoms with Crippen LogP contribution in [0.4, 0.5) is 5.82 Å². The first kappa shape index (κ1) is 13.1. The Hall–Kier alpha value is -1.32. The number of rotatable bonds is 4. The highest BCUT2D eigenvalue weighted by Crippen LogP contribution is 2.42. The Morgan fingerprint density at radius 1 is 1.61 bits per heavy atom. The number of hydrogen-bond acceptors (Lipinski definition) is 2. The average molecular weight is 249 g/mol. The number of aromatic nitrogens is 2. The van der Waals surface area contributed by atoms with Crippen LogP contribution in [0.3, 0.4) is 0 Å². The van der Waals surface area contributed by atoms with E-state index in [-0.39, 0.29) is 17.2 Å². The minimum absolute atomic E-state index is 0.115. The number of anilines is 1. The van der Waals surface area contributed by atoms with E-state index < -0.39 is 0 Å². The van der Waals surface area contributed by atoms with Crippen LogP contribution in [-0.4, -0.2) is 16.1 Å². The molecular formula is C14H23N3O. The van der Waals surface area contributed by atoms with Gasteiger partial charge in [0.25, 0.3) is 0 Å². The van der Waals surface area contributed by atoms with Crippen LogP contribution in [0.25, 0.3) is 0 Å². The van der Waals surface area contributed by atoms with Gasteiger partial charge in [-0.25, -0.2) is 0 Å². The molecule has 0 radical (unpaired) electrons. The molecule has 1 unspecified atom stereocenters. The van der Waals surface area contributed by atoms with Crippen LogP contribution in [0, 0.1) is 11.3 Å². The van der Waals surface area contributed by atoms with Crippen molar-refractivity contribution in [3.05, 3.63) is 11.8 Å². The number of carbonyl (C=O) groups is 1. The van der Waals surface area contributed by atoms with E-state index in [1.807, 2.05) is 6.07 Å². The summed E-state index contributed by atoms with van der Waals surface area (Å²) >= 11 is 0. The van der Waals surface area contributed by atoms with Crippen LogP contribution in [0.5, 0.6) is 0 Å². The van der Waals surface area contributed by atoms with Gasteiger partial charge in [-0.05, 0) is 24.7 Å². The number of aryl methyl sites for hydroxylation is 1. The molecule has 0 spiro atoms. The Kier molecular flexibility index (Phi) is 3.73. The largest absolute Gasteiger partial charge is 0.309 e. The van der Waals surface area contributed by atoms with Crippen molar-refractivity contribution in [1.29, 1.82) is 0 Å². The highest BCUT2D eigenvalue weighted by molar-refractivity contribution is 5.92. The van der Waals surface area contributed by atoms with Crippen LogP contribution in [0.15, 0.2) is 6.07 Å². The molecule has 1 atom stereocenters. The summed E-state index contributed by atoms with van der Waals surface area (Å²) < 4.78 is 0. The number of aromatic amines is 1. The lowest BCUT2D eigenvalue weighted by Gasteiger charge is -2.25. The maximum Gasteiger partial charge on any atom is 0.229 e. The van der Waals surface area contributed by atoms with Crippen molar-refractivity contribution >= 4 is 11.7 Å². The molecule has 2 N–H and O–H groups in total. The highest BCUT2D eigenvalue weighted by Gasteiger charge is 2.39. The molecule has 18 heavy (non-hydrogen) atoms. The lowest BCUT2D eigenvalue weighted by Crippen LogP contribution is -2.30. The summed E-state index contributed by atoms with van der Waals surface area (Å²) in [5, 5.41) is 10.0. The summed E-state index contributed by atoms with van der Waals surface area (Å²) in [7, 11) is 0. The lowest BCUT2D eigenvalue weighted by atomic mass is 9.81. The molecule has 1 aromatic rings. The Morgan fingerprint density at radius 3 is 3.00 bits per heavy atom. The zero-order valence-electron chi connectivity index (χ0n) is 11.5. The molecule has 0 aromatic carbocycles. The molecule has 100 valence electrons. The van der Waals surface area contributed by atoms with Gasteiger partial charge in [0.05, 0.1) is 0 Å². The third-order valence-electron chi connectivity index (χ3n) is 3.98. The van der Waals surface area contributed by atoms with Crippen molar-refractivity contribution in [3.63, 3.8) is 0 Å². The maximum absolute atomic E-state index is 12.2. The molecule has 1 fully saturated rings. The number of H-pyrrole nitrogens is 1. The first-order chi connectivity index (χ1) is 8.53. The van der Waals surface area contributed by atoms with Gasteiger partial charge in [0.2, 0.25) is 5.91 Å². The van der Waals surface area contributed by atoms with Gasteiger partial charge in [-0.1, -0.05) is 33.6 Å². The smallest absolute Gasteiger partial charge is 0.229 e. The number of carbonyl (C=O) groups excluding carboxylic acids is 1. The van der Waals surface area contributed by atoms with E-state index >= 15 is 0 Å². The number of nitrogens with zero attached hydrogens (tertiary/aromatic N) is 1. The Bertz CT molecular complexity index is 422. The number of nitrogens with one attached hydrogen (secondary N) is 2. The molecule has 2 rings (SSSR count). The van der Waals surface area contributed by atoms with Gasteiger partial charge in [0.1, 0.15) is 0 Å². The van der Waals surface area contributed by atoms with Crippen molar-refractivity contribution < 1.29 is 4.79 Å². The quantitative estimate of drug-likeness (QED) is 0.861. The van der Waals surface area contributed by atoms with E-state index in [0.717, 1.165) is 37.8 Å². The number of amides is 1. The molecule has 1 saturated carbocycles. The van der Waals surface area contributed by atoms with E-state index in [1.54, 1.807) is 0 Å². The van der Waals surface area contributed by atoms with Gasteiger partial charge < -0.3 is 5.32 Å². The third-order valence-corrected chi connectivity index (χ3v) is 3.98. The fourth-order valence-corrected chi connectivity index (χ4v) is 2.85. The molecule has 1 aliphatic rings. The highest BCUT2D eigenvalue weighted by atomic mass is 16.2. The molecule has 4 nitrogen and oxygen atoms in total. The summed E-state index contributed by atoms with van der Waals surface area (Å²) in [5.41, 5.74) is 1.20. The molecule has 1 aliphatic carbocycles. The molecule has 1 amide bonds. The van der Waals surface area contributed by atoms with Crippen molar-refractivity contribution in [2.45, 2.75) is 52.9 Å². The van der Waals surface area contributed by atoms with E-state index in [4.69, 9.17) is 0 Å². The van der Waals surface area contributed by atoms with Crippen LogP contribution < -0.4 is 5.32 Å². The normalized spacial score (nSPS) is 22.1. The molecule has 1 aromatic heterocycles. The monoisotopic (exact) mass is 249 g/mol. The van der Waals surface area contributed by atoms with Gasteiger partial charge >= 0.3 is 0 Å². The van der Waals surface area contributed by atoms with Crippen molar-refractivity contribution in [2.24, 2.45) is 11.3 Å². The topological polar surface area (TPSA) is 57.8 Å². The van der Waals surface area contributed by atoms with E-state index in [0.29, 0.717) is 5.82 Å². The zero-order chi connectivity index (χ0) is 13.2. The van der Waals surface area contributed by atoms with E-state index in [1.165, 1.54) is 0 Å². The molecule has 4 heteroatoms. The van der Waals surface area contributed by atoms with E-state index in [9.17, 15) is 4.79 Å². The van der Waals surface area contributed by atoms with Crippen molar-refractivity contribution in [1.82, 2.24) is 10.2 Å². The molecule has 0 saturated heterocycles. The van der Waals surface area contributed by atoms with Gasteiger partial charge in [0.15, 0.2) is 5.82 Å². The minimum Gasteiger partial charge on any atom is -0.309 e. The van der Waals surface area contributed by atoms with Crippen LogP contribution in [0.1, 0.15) is 52.1 Å². The van der Waals surface area contributed by atoms with Gasteiger partial charge in [0, 0.05) is 17.7 Å².